The van der Waals surface area contributed by atoms with Crippen molar-refractivity contribution in [2.24, 2.45) is 0 Å². The molecule has 0 aliphatic carbocycles. The van der Waals surface area contributed by atoms with E-state index in [1.165, 1.54) is 17.0 Å². The van der Waals surface area contributed by atoms with Crippen LogP contribution in [-0.4, -0.2) is 35.9 Å². The van der Waals surface area contributed by atoms with E-state index < -0.39 is 11.9 Å². The van der Waals surface area contributed by atoms with Crippen LogP contribution in [0.5, 0.6) is 5.75 Å². The van der Waals surface area contributed by atoms with Crippen LogP contribution in [0.2, 0.25) is 5.02 Å². The predicted molar refractivity (Wildman–Crippen MR) is 121 cm³/mol. The normalized spacial score (nSPS) is 12.7. The van der Waals surface area contributed by atoms with E-state index in [0.29, 0.717) is 12.2 Å². The minimum atomic E-state index is -0.696. The number of amides is 2. The van der Waals surface area contributed by atoms with Gasteiger partial charge in [0.2, 0.25) is 11.8 Å². The molecule has 0 radical (unpaired) electrons. The third kappa shape index (κ3) is 6.69. The first-order valence-corrected chi connectivity index (χ1v) is 10.8. The zero-order valence-corrected chi connectivity index (χ0v) is 19.2. The minimum absolute atomic E-state index is 0.0173. The van der Waals surface area contributed by atoms with Crippen LogP contribution in [0.15, 0.2) is 42.5 Å². The minimum Gasteiger partial charge on any atom is -0.497 e. The van der Waals surface area contributed by atoms with E-state index in [1.807, 2.05) is 45.0 Å². The van der Waals surface area contributed by atoms with Gasteiger partial charge in [0.25, 0.3) is 0 Å². The summed E-state index contributed by atoms with van der Waals surface area (Å²) in [6.45, 7) is 5.93. The molecule has 2 aromatic carbocycles. The molecule has 0 aliphatic rings. The summed E-state index contributed by atoms with van der Waals surface area (Å²) in [6.07, 6.45) is 0.961. The molecule has 2 rings (SSSR count). The summed E-state index contributed by atoms with van der Waals surface area (Å²) in [5.74, 6) is -0.493. The molecule has 7 heteroatoms. The highest BCUT2D eigenvalue weighted by molar-refractivity contribution is 6.31. The van der Waals surface area contributed by atoms with Gasteiger partial charge in [0, 0.05) is 23.2 Å². The molecule has 2 aromatic rings. The monoisotopic (exact) mass is 448 g/mol. The quantitative estimate of drug-likeness (QED) is 0.570. The van der Waals surface area contributed by atoms with Gasteiger partial charge in [0.1, 0.15) is 17.6 Å². The van der Waals surface area contributed by atoms with Crippen LogP contribution >= 0.6 is 11.6 Å². The van der Waals surface area contributed by atoms with Gasteiger partial charge in [-0.05, 0) is 49.6 Å². The fourth-order valence-corrected chi connectivity index (χ4v) is 3.51. The molecule has 1 N–H and O–H groups in total. The van der Waals surface area contributed by atoms with Crippen molar-refractivity contribution in [3.05, 3.63) is 64.4 Å². The van der Waals surface area contributed by atoms with E-state index in [0.717, 1.165) is 12.0 Å². The number of carbonyl (C=O) groups is 2. The highest BCUT2D eigenvalue weighted by Gasteiger charge is 2.30. The number of ether oxygens (including phenoxy) is 1. The van der Waals surface area contributed by atoms with Crippen molar-refractivity contribution in [2.75, 3.05) is 7.11 Å². The first-order chi connectivity index (χ1) is 14.8. The molecule has 0 bridgehead atoms. The first-order valence-electron chi connectivity index (χ1n) is 10.5. The number of hydrogen-bond acceptors (Lipinski definition) is 3. The second kappa shape index (κ2) is 11.7. The van der Waals surface area contributed by atoms with Gasteiger partial charge in [0.05, 0.1) is 13.5 Å². The van der Waals surface area contributed by atoms with Crippen LogP contribution in [-0.2, 0) is 22.6 Å². The number of halogens is 2. The maximum atomic E-state index is 14.3. The molecule has 5 nitrogen and oxygen atoms in total. The van der Waals surface area contributed by atoms with E-state index in [4.69, 9.17) is 16.3 Å². The number of benzene rings is 2. The van der Waals surface area contributed by atoms with Gasteiger partial charge in [-0.2, -0.15) is 0 Å². The Hall–Kier alpha value is -2.60. The number of nitrogens with zero attached hydrogens (tertiary/aromatic N) is 1. The third-order valence-electron chi connectivity index (χ3n) is 5.26. The molecule has 0 spiro atoms. The fourth-order valence-electron chi connectivity index (χ4n) is 3.28. The Labute approximate surface area is 188 Å². The Kier molecular flexibility index (Phi) is 9.31. The van der Waals surface area contributed by atoms with Crippen molar-refractivity contribution in [2.45, 2.75) is 58.7 Å². The smallest absolute Gasteiger partial charge is 0.243 e. The second-order valence-electron chi connectivity index (χ2n) is 7.49. The van der Waals surface area contributed by atoms with Crippen molar-refractivity contribution >= 4 is 23.4 Å². The number of carbonyl (C=O) groups excluding carboxylic acids is 2. The Morgan fingerprint density at radius 2 is 1.87 bits per heavy atom. The van der Waals surface area contributed by atoms with Gasteiger partial charge in [-0.3, -0.25) is 9.59 Å². The van der Waals surface area contributed by atoms with Gasteiger partial charge in [-0.25, -0.2) is 4.39 Å². The van der Waals surface area contributed by atoms with E-state index in [-0.39, 0.29) is 41.4 Å². The molecule has 31 heavy (non-hydrogen) atoms. The molecule has 0 saturated carbocycles. The lowest BCUT2D eigenvalue weighted by Gasteiger charge is -2.31. The molecule has 0 aliphatic heterocycles. The molecular weight excluding hydrogens is 419 g/mol. The van der Waals surface area contributed by atoms with Crippen molar-refractivity contribution in [3.63, 3.8) is 0 Å². The van der Waals surface area contributed by atoms with Gasteiger partial charge in [0.15, 0.2) is 0 Å². The third-order valence-corrected chi connectivity index (χ3v) is 5.62. The summed E-state index contributed by atoms with van der Waals surface area (Å²) in [7, 11) is 1.57. The Morgan fingerprint density at radius 1 is 1.16 bits per heavy atom. The van der Waals surface area contributed by atoms with E-state index >= 15 is 0 Å². The molecule has 0 aromatic heterocycles. The van der Waals surface area contributed by atoms with Crippen LogP contribution in [0, 0.1) is 5.82 Å². The predicted octanol–water partition coefficient (Wildman–Crippen LogP) is 4.75. The van der Waals surface area contributed by atoms with Gasteiger partial charge < -0.3 is 15.0 Å². The SMILES string of the molecule is CC[C@H](C)NC(=O)[C@H](CC)N(Cc1cccc(OC)c1)C(=O)Cc1c(F)cccc1Cl. The Bertz CT molecular complexity index is 886. The van der Waals surface area contributed by atoms with E-state index in [9.17, 15) is 14.0 Å². The summed E-state index contributed by atoms with van der Waals surface area (Å²) < 4.78 is 19.6. The summed E-state index contributed by atoms with van der Waals surface area (Å²) >= 11 is 6.14. The van der Waals surface area contributed by atoms with Crippen molar-refractivity contribution < 1.29 is 18.7 Å². The Balaban J connectivity index is 2.37. The second-order valence-corrected chi connectivity index (χ2v) is 7.90. The Morgan fingerprint density at radius 3 is 2.48 bits per heavy atom. The topological polar surface area (TPSA) is 58.6 Å². The standard InChI is InChI=1S/C24H30ClFN2O3/c1-5-16(3)27-24(30)22(6-2)28(15-17-9-7-10-18(13-17)31-4)23(29)14-19-20(25)11-8-12-21(19)26/h7-13,16,22H,5-6,14-15H2,1-4H3,(H,27,30)/t16-,22-/m0/s1. The van der Waals surface area contributed by atoms with E-state index in [2.05, 4.69) is 5.32 Å². The maximum Gasteiger partial charge on any atom is 0.243 e. The zero-order valence-electron chi connectivity index (χ0n) is 18.5. The highest BCUT2D eigenvalue weighted by atomic mass is 35.5. The summed E-state index contributed by atoms with van der Waals surface area (Å²) in [4.78, 5) is 27.8. The van der Waals surface area contributed by atoms with Gasteiger partial charge in [-0.1, -0.05) is 43.6 Å². The summed E-state index contributed by atoms with van der Waals surface area (Å²) in [6, 6.07) is 10.9. The number of rotatable bonds is 10. The number of methoxy groups -OCH3 is 1. The molecule has 2 amide bonds. The average molecular weight is 449 g/mol. The van der Waals surface area contributed by atoms with Crippen molar-refractivity contribution in [3.8, 4) is 5.75 Å². The maximum absolute atomic E-state index is 14.3. The van der Waals surface area contributed by atoms with Crippen LogP contribution in [0.25, 0.3) is 0 Å². The number of nitrogens with one attached hydrogen (secondary N) is 1. The van der Waals surface area contributed by atoms with Crippen molar-refractivity contribution in [1.29, 1.82) is 0 Å². The fraction of sp³-hybridized carbons (Fsp3) is 0.417. The summed E-state index contributed by atoms with van der Waals surface area (Å²) in [5, 5.41) is 3.14. The average Bonchev–Trinajstić information content (AvgIpc) is 2.76. The van der Waals surface area contributed by atoms with E-state index in [1.54, 1.807) is 13.2 Å². The zero-order chi connectivity index (χ0) is 23.0. The van der Waals surface area contributed by atoms with Crippen LogP contribution in [0.3, 0.4) is 0 Å². The molecule has 0 saturated heterocycles. The molecule has 0 unspecified atom stereocenters. The van der Waals surface area contributed by atoms with Gasteiger partial charge in [-0.15, -0.1) is 0 Å². The lowest BCUT2D eigenvalue weighted by atomic mass is 10.1. The summed E-state index contributed by atoms with van der Waals surface area (Å²) in [5.41, 5.74) is 0.934. The van der Waals surface area contributed by atoms with Crippen LogP contribution in [0.4, 0.5) is 4.39 Å². The van der Waals surface area contributed by atoms with Crippen LogP contribution < -0.4 is 10.1 Å². The molecule has 0 heterocycles. The van der Waals surface area contributed by atoms with Gasteiger partial charge >= 0.3 is 0 Å². The molecule has 2 atom stereocenters. The lowest BCUT2D eigenvalue weighted by molar-refractivity contribution is -0.141. The first kappa shape index (κ1) is 24.7. The largest absolute Gasteiger partial charge is 0.497 e. The molecule has 168 valence electrons. The van der Waals surface area contributed by atoms with Crippen LogP contribution in [0.1, 0.15) is 44.7 Å². The highest BCUT2D eigenvalue weighted by Crippen LogP contribution is 2.23. The molecular formula is C24H30ClFN2O3. The lowest BCUT2D eigenvalue weighted by Crippen LogP contribution is -2.51. The number of hydrogen-bond donors (Lipinski definition) is 1. The molecule has 0 fully saturated rings. The van der Waals surface area contributed by atoms with Crippen molar-refractivity contribution in [1.82, 2.24) is 10.2 Å².